The zero-order valence-electron chi connectivity index (χ0n) is 24.9. The first-order valence-electron chi connectivity index (χ1n) is 13.6. The zero-order chi connectivity index (χ0) is 30.6. The topological polar surface area (TPSA) is 161 Å². The molecule has 1 rings (SSSR count). The van der Waals surface area contributed by atoms with Gasteiger partial charge in [0, 0.05) is 5.92 Å². The van der Waals surface area contributed by atoms with Crippen molar-refractivity contribution in [2.24, 2.45) is 23.0 Å². The minimum Gasteiger partial charge on any atom is -0.480 e. The first-order valence-corrected chi connectivity index (χ1v) is 13.6. The second-order valence-electron chi connectivity index (χ2n) is 11.2. The predicted molar refractivity (Wildman–Crippen MR) is 147 cm³/mol. The Hall–Kier alpha value is -3.34. The second-order valence-corrected chi connectivity index (χ2v) is 11.2. The molecule has 0 aliphatic carbocycles. The predicted octanol–water partition coefficient (Wildman–Crippen LogP) is 5.67. The number of aliphatic carboxylic acids is 1. The molecule has 40 heavy (non-hydrogen) atoms. The number of esters is 1. The Balaban J connectivity index is 3.33. The molecule has 0 spiro atoms. The number of hydrogen-bond acceptors (Lipinski definition) is 10. The molecule has 0 fully saturated rings. The van der Waals surface area contributed by atoms with E-state index in [1.54, 1.807) is 27.7 Å². The maximum absolute atomic E-state index is 12.4. The van der Waals surface area contributed by atoms with Crippen LogP contribution in [0.15, 0.2) is 18.2 Å². The van der Waals surface area contributed by atoms with Gasteiger partial charge in [0.1, 0.15) is 6.04 Å². The number of rotatable bonds is 14. The summed E-state index contributed by atoms with van der Waals surface area (Å²) < 4.78 is 26.5. The van der Waals surface area contributed by atoms with E-state index >= 15 is 0 Å². The quantitative estimate of drug-likeness (QED) is 0.162. The van der Waals surface area contributed by atoms with Crippen molar-refractivity contribution in [1.29, 1.82) is 0 Å². The molecule has 0 saturated carbocycles. The summed E-state index contributed by atoms with van der Waals surface area (Å²) >= 11 is 0. The highest BCUT2D eigenvalue weighted by molar-refractivity contribution is 5.76. The van der Waals surface area contributed by atoms with Gasteiger partial charge in [0.25, 0.3) is 0 Å². The molecule has 0 aliphatic heterocycles. The molecule has 5 atom stereocenters. The highest BCUT2D eigenvalue weighted by Crippen LogP contribution is 2.35. The Morgan fingerprint density at radius 1 is 0.875 bits per heavy atom. The molecule has 0 aromatic heterocycles. The van der Waals surface area contributed by atoms with E-state index in [2.05, 4.69) is 0 Å². The highest BCUT2D eigenvalue weighted by Gasteiger charge is 2.32. The van der Waals surface area contributed by atoms with Gasteiger partial charge in [0.05, 0.1) is 24.7 Å². The van der Waals surface area contributed by atoms with Crippen molar-refractivity contribution in [2.45, 2.75) is 92.7 Å². The van der Waals surface area contributed by atoms with Crippen LogP contribution in [0.1, 0.15) is 86.1 Å². The van der Waals surface area contributed by atoms with Crippen LogP contribution in [-0.2, 0) is 23.8 Å². The lowest BCUT2D eigenvalue weighted by atomic mass is 9.86. The van der Waals surface area contributed by atoms with Crippen LogP contribution in [0, 0.1) is 17.3 Å². The fraction of sp³-hybridized carbons (Fsp3) is 0.655. The van der Waals surface area contributed by atoms with Gasteiger partial charge in [-0.3, -0.25) is 9.59 Å². The number of carboxylic acid groups (broad SMARTS) is 1. The van der Waals surface area contributed by atoms with Crippen LogP contribution in [0.5, 0.6) is 11.5 Å². The molecule has 0 aliphatic rings. The molecular weight excluding hydrogens is 522 g/mol. The van der Waals surface area contributed by atoms with Crippen molar-refractivity contribution in [3.63, 3.8) is 0 Å². The van der Waals surface area contributed by atoms with E-state index in [4.69, 9.17) is 29.4 Å². The van der Waals surface area contributed by atoms with Gasteiger partial charge < -0.3 is 34.5 Å². The Morgan fingerprint density at radius 2 is 1.38 bits per heavy atom. The summed E-state index contributed by atoms with van der Waals surface area (Å²) in [6, 6.07) is 2.83. The summed E-state index contributed by atoms with van der Waals surface area (Å²) in [7, 11) is 0. The highest BCUT2D eigenvalue weighted by atomic mass is 16.7. The van der Waals surface area contributed by atoms with E-state index in [0.29, 0.717) is 5.56 Å². The molecule has 4 unspecified atom stereocenters. The third kappa shape index (κ3) is 11.8. The van der Waals surface area contributed by atoms with Gasteiger partial charge >= 0.3 is 24.2 Å². The van der Waals surface area contributed by atoms with Crippen LogP contribution >= 0.6 is 0 Å². The number of ether oxygens (including phenoxy) is 5. The maximum atomic E-state index is 12.4. The molecular formula is C29H45NO10. The van der Waals surface area contributed by atoms with Crippen molar-refractivity contribution >= 4 is 24.2 Å². The fourth-order valence-electron chi connectivity index (χ4n) is 3.24. The molecule has 0 saturated heterocycles. The molecule has 0 amide bonds. The van der Waals surface area contributed by atoms with Crippen molar-refractivity contribution < 1.29 is 48.0 Å². The Labute approximate surface area is 236 Å². The molecule has 11 heteroatoms. The van der Waals surface area contributed by atoms with Crippen LogP contribution < -0.4 is 15.2 Å². The normalized spacial score (nSPS) is 15.1. The number of hydrogen-bond donors (Lipinski definition) is 2. The zero-order valence-corrected chi connectivity index (χ0v) is 24.9. The Morgan fingerprint density at radius 3 is 1.82 bits per heavy atom. The van der Waals surface area contributed by atoms with E-state index in [1.165, 1.54) is 18.2 Å². The number of carbonyl (C=O) groups excluding carboxylic acids is 3. The van der Waals surface area contributed by atoms with E-state index in [1.807, 2.05) is 27.7 Å². The van der Waals surface area contributed by atoms with E-state index in [9.17, 15) is 24.3 Å². The largest absolute Gasteiger partial charge is 0.513 e. The molecule has 1 aromatic carbocycles. The lowest BCUT2D eigenvalue weighted by molar-refractivity contribution is -0.158. The van der Waals surface area contributed by atoms with Gasteiger partial charge in [-0.05, 0) is 63.6 Å². The van der Waals surface area contributed by atoms with E-state index < -0.39 is 47.7 Å². The smallest absolute Gasteiger partial charge is 0.480 e. The third-order valence-electron chi connectivity index (χ3n) is 6.37. The standard InChI is InChI=1S/C29H45NO10/c1-9-17(3)15-36-27(34)39-22-12-11-20(14-23(22)40-28(35)37-16-18(4)10-2)21(24(30)25(31)32)13-19(5)38-26(33)29(6,7)8/h11-12,14,17-19,21,24H,9-10,13,15-16,30H2,1-8H3,(H,31,32)/t17?,18?,19?,21?,24-/m0/s1. The summed E-state index contributed by atoms with van der Waals surface area (Å²) in [5.41, 5.74) is 5.63. The fourth-order valence-corrected chi connectivity index (χ4v) is 3.24. The summed E-state index contributed by atoms with van der Waals surface area (Å²) in [5, 5.41) is 9.67. The molecule has 0 radical (unpaired) electrons. The van der Waals surface area contributed by atoms with Gasteiger partial charge in [0.2, 0.25) is 0 Å². The summed E-state index contributed by atoms with van der Waals surface area (Å²) in [5.74, 6) is -2.68. The second kappa shape index (κ2) is 16.1. The summed E-state index contributed by atoms with van der Waals surface area (Å²) in [6.07, 6.45) is -1.06. The van der Waals surface area contributed by atoms with Crippen molar-refractivity contribution in [1.82, 2.24) is 0 Å². The SMILES string of the molecule is CCC(C)COC(=O)Oc1ccc(C(CC(C)OC(=O)C(C)(C)C)[C@H](N)C(=O)O)cc1OC(=O)OCC(C)CC. The maximum Gasteiger partial charge on any atom is 0.513 e. The minimum atomic E-state index is -1.38. The van der Waals surface area contributed by atoms with Gasteiger partial charge in [-0.2, -0.15) is 0 Å². The van der Waals surface area contributed by atoms with E-state index in [0.717, 1.165) is 12.8 Å². The van der Waals surface area contributed by atoms with E-state index in [-0.39, 0.29) is 43.0 Å². The molecule has 3 N–H and O–H groups in total. The van der Waals surface area contributed by atoms with Crippen LogP contribution in [0.3, 0.4) is 0 Å². The van der Waals surface area contributed by atoms with Crippen LogP contribution in [0.2, 0.25) is 0 Å². The van der Waals surface area contributed by atoms with Gasteiger partial charge in [-0.1, -0.05) is 46.6 Å². The van der Waals surface area contributed by atoms with Gasteiger partial charge in [0.15, 0.2) is 11.5 Å². The van der Waals surface area contributed by atoms with Gasteiger partial charge in [-0.25, -0.2) is 9.59 Å². The van der Waals surface area contributed by atoms with Crippen molar-refractivity contribution in [3.8, 4) is 11.5 Å². The van der Waals surface area contributed by atoms with Crippen LogP contribution in [-0.4, -0.2) is 54.7 Å². The average Bonchev–Trinajstić information content (AvgIpc) is 2.88. The first kappa shape index (κ1) is 34.7. The lowest BCUT2D eigenvalue weighted by Crippen LogP contribution is -2.39. The first-order chi connectivity index (χ1) is 18.6. The molecule has 0 heterocycles. The molecule has 1 aromatic rings. The monoisotopic (exact) mass is 567 g/mol. The average molecular weight is 568 g/mol. The molecule has 226 valence electrons. The number of nitrogens with two attached hydrogens (primary N) is 1. The Bertz CT molecular complexity index is 1000. The van der Waals surface area contributed by atoms with Gasteiger partial charge in [-0.15, -0.1) is 0 Å². The third-order valence-corrected chi connectivity index (χ3v) is 6.37. The summed E-state index contributed by atoms with van der Waals surface area (Å²) in [6.45, 7) is 14.7. The molecule has 0 bridgehead atoms. The minimum absolute atomic E-state index is 0.0599. The number of benzene rings is 1. The lowest BCUT2D eigenvalue weighted by Gasteiger charge is -2.27. The number of carbonyl (C=O) groups is 4. The van der Waals surface area contributed by atoms with Crippen molar-refractivity contribution in [3.05, 3.63) is 23.8 Å². The van der Waals surface area contributed by atoms with Crippen LogP contribution in [0.25, 0.3) is 0 Å². The Kier molecular flexibility index (Phi) is 13.9. The molecule has 11 nitrogen and oxygen atoms in total. The summed E-state index contributed by atoms with van der Waals surface area (Å²) in [4.78, 5) is 49.0. The van der Waals surface area contributed by atoms with Crippen LogP contribution in [0.4, 0.5) is 9.59 Å². The van der Waals surface area contributed by atoms with Crippen molar-refractivity contribution in [2.75, 3.05) is 13.2 Å². The number of carboxylic acids is 1.